The minimum atomic E-state index is -2.04. The first-order chi connectivity index (χ1) is 18.8. The van der Waals surface area contributed by atoms with Gasteiger partial charge in [-0.25, -0.2) is 8.91 Å². The van der Waals surface area contributed by atoms with Crippen molar-refractivity contribution in [3.05, 3.63) is 48.1 Å². The number of hydrogen-bond acceptors (Lipinski definition) is 7. The number of fused-ring (bicyclic) bond motifs is 1. The number of ether oxygens (including phenoxy) is 2. The predicted molar refractivity (Wildman–Crippen MR) is 139 cm³/mol. The summed E-state index contributed by atoms with van der Waals surface area (Å²) in [6.45, 7) is 2.64. The van der Waals surface area contributed by atoms with Crippen LogP contribution < -0.4 is 4.74 Å². The van der Waals surface area contributed by atoms with Crippen molar-refractivity contribution in [1.82, 2.24) is 29.2 Å². The summed E-state index contributed by atoms with van der Waals surface area (Å²) < 4.78 is 29.3. The lowest BCUT2D eigenvalue weighted by Crippen LogP contribution is -2.68. The van der Waals surface area contributed by atoms with Gasteiger partial charge in [0.15, 0.2) is 0 Å². The van der Waals surface area contributed by atoms with Gasteiger partial charge in [-0.15, -0.1) is 0 Å². The Kier molecular flexibility index (Phi) is 7.10. The smallest absolute Gasteiger partial charge is 0.264 e. The fraction of sp³-hybridized carbons (Fsp3) is 0.444. The summed E-state index contributed by atoms with van der Waals surface area (Å²) in [5.41, 5.74) is 1.71. The second-order valence-corrected chi connectivity index (χ2v) is 9.89. The van der Waals surface area contributed by atoms with E-state index in [0.29, 0.717) is 49.4 Å². The molecular formula is C27H30FN7O4. The van der Waals surface area contributed by atoms with Gasteiger partial charge in [-0.1, -0.05) is 6.08 Å². The third-order valence-electron chi connectivity index (χ3n) is 7.47. The highest BCUT2D eigenvalue weighted by atomic mass is 19.1. The van der Waals surface area contributed by atoms with Crippen LogP contribution in [-0.2, 0) is 14.3 Å². The minimum absolute atomic E-state index is 0.0595. The summed E-state index contributed by atoms with van der Waals surface area (Å²) in [6.07, 6.45) is 9.32. The lowest BCUT2D eigenvalue weighted by molar-refractivity contribution is -0.162. The lowest BCUT2D eigenvalue weighted by atomic mass is 9.92. The van der Waals surface area contributed by atoms with E-state index in [2.05, 4.69) is 16.3 Å². The van der Waals surface area contributed by atoms with Crippen LogP contribution in [0.2, 0.25) is 0 Å². The monoisotopic (exact) mass is 535 g/mol. The van der Waals surface area contributed by atoms with Gasteiger partial charge < -0.3 is 19.3 Å². The molecule has 2 aliphatic heterocycles. The number of halogens is 1. The number of methoxy groups -OCH3 is 2. The van der Waals surface area contributed by atoms with Crippen LogP contribution in [0.5, 0.6) is 5.75 Å². The molecular weight excluding hydrogens is 505 g/mol. The van der Waals surface area contributed by atoms with E-state index in [1.807, 2.05) is 23.9 Å². The van der Waals surface area contributed by atoms with Gasteiger partial charge in [0.2, 0.25) is 11.6 Å². The Balaban J connectivity index is 1.24. The highest BCUT2D eigenvalue weighted by molar-refractivity contribution is 5.93. The van der Waals surface area contributed by atoms with Gasteiger partial charge in [0.1, 0.15) is 22.9 Å². The Labute approximate surface area is 225 Å². The van der Waals surface area contributed by atoms with Gasteiger partial charge in [0.05, 0.1) is 45.2 Å². The molecule has 0 N–H and O–H groups in total. The number of aromatic nitrogens is 4. The number of rotatable bonds is 7. The fourth-order valence-electron chi connectivity index (χ4n) is 5.34. The van der Waals surface area contributed by atoms with Crippen molar-refractivity contribution in [3.8, 4) is 22.9 Å². The van der Waals surface area contributed by atoms with Crippen LogP contribution in [0.15, 0.2) is 36.8 Å². The number of pyridine rings is 1. The van der Waals surface area contributed by atoms with Crippen LogP contribution in [0.25, 0.3) is 16.6 Å². The fourth-order valence-corrected chi connectivity index (χ4v) is 5.34. The number of nitrogens with zero attached hydrogens (tertiary/aromatic N) is 7. The third kappa shape index (κ3) is 4.74. The summed E-state index contributed by atoms with van der Waals surface area (Å²) in [4.78, 5) is 27.9. The Morgan fingerprint density at radius 1 is 1.21 bits per heavy atom. The molecule has 39 heavy (non-hydrogen) atoms. The highest BCUT2D eigenvalue weighted by Crippen LogP contribution is 2.35. The molecule has 2 saturated heterocycles. The van der Waals surface area contributed by atoms with Crippen LogP contribution in [0.4, 0.5) is 4.39 Å². The second kappa shape index (κ2) is 10.5. The molecule has 2 amide bonds. The molecule has 0 saturated carbocycles. The van der Waals surface area contributed by atoms with Gasteiger partial charge in [-0.3, -0.25) is 14.3 Å². The van der Waals surface area contributed by atoms with Gasteiger partial charge in [0, 0.05) is 49.3 Å². The normalized spacial score (nSPS) is 17.4. The maximum Gasteiger partial charge on any atom is 0.264 e. The second-order valence-electron chi connectivity index (χ2n) is 9.89. The van der Waals surface area contributed by atoms with E-state index in [-0.39, 0.29) is 25.0 Å². The summed E-state index contributed by atoms with van der Waals surface area (Å²) in [6, 6.07) is 4.06. The van der Waals surface area contributed by atoms with Crippen molar-refractivity contribution >= 4 is 17.3 Å². The van der Waals surface area contributed by atoms with Crippen LogP contribution >= 0.6 is 0 Å². The molecule has 0 aliphatic carbocycles. The number of alkyl halides is 1. The summed E-state index contributed by atoms with van der Waals surface area (Å²) in [5.74, 6) is -0.338. The molecule has 0 aromatic carbocycles. The SMILES string of the molecule is COC/C=C/C(=O)N1CC(F)(C(=O)N2CCC(n3ncc(-c4cc(OC)c5c(C#N)cnn5c4)c3C)CC2)C1. The Morgan fingerprint density at radius 3 is 2.62 bits per heavy atom. The van der Waals surface area contributed by atoms with E-state index < -0.39 is 11.6 Å². The molecule has 5 heterocycles. The maximum atomic E-state index is 15.3. The Morgan fingerprint density at radius 2 is 1.95 bits per heavy atom. The van der Waals surface area contributed by atoms with Crippen LogP contribution in [-0.4, -0.2) is 93.7 Å². The Hall–Kier alpha value is -4.24. The van der Waals surface area contributed by atoms with E-state index in [9.17, 15) is 14.9 Å². The zero-order valence-electron chi connectivity index (χ0n) is 22.1. The average Bonchev–Trinajstić information content (AvgIpc) is 3.53. The van der Waals surface area contributed by atoms with Crippen molar-refractivity contribution in [2.24, 2.45) is 0 Å². The van der Waals surface area contributed by atoms with Gasteiger partial charge in [-0.05, 0) is 25.8 Å². The molecule has 2 fully saturated rings. The van der Waals surface area contributed by atoms with Crippen molar-refractivity contribution < 1.29 is 23.5 Å². The molecule has 12 heteroatoms. The molecule has 3 aromatic heterocycles. The van der Waals surface area contributed by atoms with E-state index >= 15 is 4.39 Å². The first-order valence-electron chi connectivity index (χ1n) is 12.7. The molecule has 0 radical (unpaired) electrons. The van der Waals surface area contributed by atoms with Crippen LogP contribution in [0.3, 0.4) is 0 Å². The molecule has 0 bridgehead atoms. The first kappa shape index (κ1) is 26.4. The molecule has 3 aromatic rings. The van der Waals surface area contributed by atoms with Crippen LogP contribution in [0, 0.1) is 18.3 Å². The minimum Gasteiger partial charge on any atom is -0.494 e. The molecule has 0 unspecified atom stereocenters. The highest BCUT2D eigenvalue weighted by Gasteiger charge is 2.53. The van der Waals surface area contributed by atoms with Crippen molar-refractivity contribution in [3.63, 3.8) is 0 Å². The van der Waals surface area contributed by atoms with E-state index in [1.165, 1.54) is 24.3 Å². The van der Waals surface area contributed by atoms with E-state index in [1.54, 1.807) is 28.8 Å². The van der Waals surface area contributed by atoms with E-state index in [4.69, 9.17) is 9.47 Å². The molecule has 2 aliphatic rings. The van der Waals surface area contributed by atoms with Gasteiger partial charge in [0.25, 0.3) is 5.91 Å². The molecule has 204 valence electrons. The maximum absolute atomic E-state index is 15.3. The molecule has 0 spiro atoms. The topological polar surface area (TPSA) is 118 Å². The first-order valence-corrected chi connectivity index (χ1v) is 12.7. The number of likely N-dealkylation sites (tertiary alicyclic amines) is 2. The standard InChI is InChI=1S/C27H30FN7O4/c1-18-22(19-11-23(39-3)25-20(12-29)13-30-34(25)15-19)14-31-35(18)21-6-8-32(9-7-21)26(37)27(28)16-33(17-27)24(36)5-4-10-38-2/h4-5,11,13-15,21H,6-10,16-17H2,1-3H3/b5-4+. The quantitative estimate of drug-likeness (QED) is 0.426. The summed E-state index contributed by atoms with van der Waals surface area (Å²) in [5, 5.41) is 18.3. The molecule has 11 nitrogen and oxygen atoms in total. The number of nitriles is 1. The Bertz CT molecular complexity index is 1470. The van der Waals surface area contributed by atoms with E-state index in [0.717, 1.165) is 16.8 Å². The number of carbonyl (C=O) groups is 2. The van der Waals surface area contributed by atoms with Crippen molar-refractivity contribution in [2.75, 3.05) is 47.0 Å². The predicted octanol–water partition coefficient (Wildman–Crippen LogP) is 2.30. The van der Waals surface area contributed by atoms with Gasteiger partial charge in [-0.2, -0.15) is 15.5 Å². The lowest BCUT2D eigenvalue weighted by Gasteiger charge is -2.45. The third-order valence-corrected chi connectivity index (χ3v) is 7.47. The zero-order chi connectivity index (χ0) is 27.7. The zero-order valence-corrected chi connectivity index (χ0v) is 22.1. The van der Waals surface area contributed by atoms with Crippen molar-refractivity contribution in [1.29, 1.82) is 5.26 Å². The summed E-state index contributed by atoms with van der Waals surface area (Å²) >= 11 is 0. The number of hydrogen-bond donors (Lipinski definition) is 0. The largest absolute Gasteiger partial charge is 0.494 e. The van der Waals surface area contributed by atoms with Gasteiger partial charge >= 0.3 is 0 Å². The van der Waals surface area contributed by atoms with Crippen LogP contribution in [0.1, 0.15) is 30.1 Å². The van der Waals surface area contributed by atoms with Crippen molar-refractivity contribution in [2.45, 2.75) is 31.5 Å². The number of amides is 2. The molecule has 0 atom stereocenters. The average molecular weight is 536 g/mol. The summed E-state index contributed by atoms with van der Waals surface area (Å²) in [7, 11) is 3.07. The number of piperidine rings is 1. The number of carbonyl (C=O) groups excluding carboxylic acids is 2. The molecule has 5 rings (SSSR count).